The van der Waals surface area contributed by atoms with E-state index >= 15 is 0 Å². The SMILES string of the molecule is COc1cc(C#Cc2cc3c(cc2C#Cc2cc4c(cc2C#Cc2cc(OC)c(OC)c(OC)c2)OCO4)OCO3)cc(OC)c1OC. The zero-order valence-corrected chi connectivity index (χ0v) is 27.1. The quantitative estimate of drug-likeness (QED) is 0.254. The van der Waals surface area contributed by atoms with E-state index in [1.807, 2.05) is 24.3 Å². The Bertz CT molecular complexity index is 1890. The summed E-state index contributed by atoms with van der Waals surface area (Å²) in [6.07, 6.45) is 0. The highest BCUT2D eigenvalue weighted by Gasteiger charge is 2.19. The van der Waals surface area contributed by atoms with Crippen LogP contribution in [-0.4, -0.2) is 56.2 Å². The van der Waals surface area contributed by atoms with Crippen molar-refractivity contribution >= 4 is 0 Å². The molecule has 0 bridgehead atoms. The Kier molecular flexibility index (Phi) is 9.14. The fourth-order valence-corrected chi connectivity index (χ4v) is 5.02. The number of ether oxygens (including phenoxy) is 10. The van der Waals surface area contributed by atoms with Gasteiger partial charge in [0.2, 0.25) is 25.1 Å². The van der Waals surface area contributed by atoms with Crippen LogP contribution in [0, 0.1) is 35.5 Å². The maximum absolute atomic E-state index is 5.65. The first-order valence-electron chi connectivity index (χ1n) is 14.5. The number of hydrogen-bond donors (Lipinski definition) is 0. The average molecular weight is 647 g/mol. The molecule has 48 heavy (non-hydrogen) atoms. The molecule has 0 N–H and O–H groups in total. The van der Waals surface area contributed by atoms with E-state index in [1.165, 1.54) is 0 Å². The van der Waals surface area contributed by atoms with E-state index in [9.17, 15) is 0 Å². The Labute approximate surface area is 278 Å². The van der Waals surface area contributed by atoms with E-state index in [4.69, 9.17) is 47.4 Å². The molecule has 0 atom stereocenters. The fraction of sp³-hybridized carbons (Fsp3) is 0.211. The maximum atomic E-state index is 5.65. The van der Waals surface area contributed by atoms with Crippen molar-refractivity contribution in [2.75, 3.05) is 56.2 Å². The molecule has 0 aromatic heterocycles. The predicted octanol–water partition coefficient (Wildman–Crippen LogP) is 5.40. The molecule has 0 aliphatic carbocycles. The molecule has 2 heterocycles. The van der Waals surface area contributed by atoms with Crippen LogP contribution in [0.5, 0.6) is 57.5 Å². The first-order valence-corrected chi connectivity index (χ1v) is 14.5. The number of benzene rings is 4. The second kappa shape index (κ2) is 13.9. The zero-order valence-electron chi connectivity index (χ0n) is 27.1. The van der Waals surface area contributed by atoms with Crippen molar-refractivity contribution in [3.8, 4) is 93.0 Å². The normalized spacial score (nSPS) is 11.5. The molecule has 0 unspecified atom stereocenters. The molecule has 0 amide bonds. The lowest BCUT2D eigenvalue weighted by Crippen LogP contribution is -1.96. The molecule has 242 valence electrons. The van der Waals surface area contributed by atoms with E-state index in [0.717, 1.165) is 0 Å². The Morgan fingerprint density at radius 1 is 0.375 bits per heavy atom. The summed E-state index contributed by atoms with van der Waals surface area (Å²) < 4.78 is 55.4. The van der Waals surface area contributed by atoms with E-state index in [1.54, 1.807) is 66.9 Å². The van der Waals surface area contributed by atoms with Gasteiger partial charge in [-0.2, -0.15) is 0 Å². The van der Waals surface area contributed by atoms with Gasteiger partial charge in [0.1, 0.15) is 0 Å². The third-order valence-corrected chi connectivity index (χ3v) is 7.37. The van der Waals surface area contributed by atoms with Gasteiger partial charge in [0.05, 0.1) is 42.7 Å². The fourth-order valence-electron chi connectivity index (χ4n) is 5.02. The van der Waals surface area contributed by atoms with Crippen LogP contribution >= 0.6 is 0 Å². The molecule has 10 heteroatoms. The lowest BCUT2D eigenvalue weighted by Gasteiger charge is -2.12. The summed E-state index contributed by atoms with van der Waals surface area (Å²) >= 11 is 0. The number of methoxy groups -OCH3 is 6. The summed E-state index contributed by atoms with van der Waals surface area (Å²) in [6, 6.07) is 14.3. The summed E-state index contributed by atoms with van der Waals surface area (Å²) in [5.74, 6) is 24.6. The molecule has 4 aromatic rings. The van der Waals surface area contributed by atoms with Gasteiger partial charge in [0, 0.05) is 57.6 Å². The third kappa shape index (κ3) is 6.31. The summed E-state index contributed by atoms with van der Waals surface area (Å²) in [5, 5.41) is 0. The summed E-state index contributed by atoms with van der Waals surface area (Å²) in [4.78, 5) is 0. The van der Waals surface area contributed by atoms with E-state index in [-0.39, 0.29) is 13.6 Å². The lowest BCUT2D eigenvalue weighted by atomic mass is 10.0. The minimum absolute atomic E-state index is 0.106. The summed E-state index contributed by atoms with van der Waals surface area (Å²) in [7, 11) is 9.32. The molecular formula is C38H30O10. The van der Waals surface area contributed by atoms with Crippen molar-refractivity contribution in [3.05, 3.63) is 81.9 Å². The smallest absolute Gasteiger partial charge is 0.231 e. The minimum atomic E-state index is 0.106. The van der Waals surface area contributed by atoms with Gasteiger partial charge in [-0.1, -0.05) is 35.5 Å². The molecule has 2 aliphatic rings. The molecule has 0 fully saturated rings. The highest BCUT2D eigenvalue weighted by atomic mass is 16.7. The van der Waals surface area contributed by atoms with Crippen molar-refractivity contribution in [2.24, 2.45) is 0 Å². The third-order valence-electron chi connectivity index (χ3n) is 7.37. The van der Waals surface area contributed by atoms with Gasteiger partial charge in [0.25, 0.3) is 0 Å². The van der Waals surface area contributed by atoms with Crippen molar-refractivity contribution < 1.29 is 47.4 Å². The van der Waals surface area contributed by atoms with Gasteiger partial charge >= 0.3 is 0 Å². The second-order valence-corrected chi connectivity index (χ2v) is 10.1. The molecular weight excluding hydrogens is 616 g/mol. The zero-order chi connectivity index (χ0) is 33.6. The van der Waals surface area contributed by atoms with Crippen LogP contribution in [-0.2, 0) is 0 Å². The molecule has 4 aromatic carbocycles. The summed E-state index contributed by atoms with van der Waals surface area (Å²) in [5.41, 5.74) is 3.82. The van der Waals surface area contributed by atoms with Crippen molar-refractivity contribution in [1.82, 2.24) is 0 Å². The molecule has 2 aliphatic heterocycles. The van der Waals surface area contributed by atoms with Crippen molar-refractivity contribution in [1.29, 1.82) is 0 Å². The van der Waals surface area contributed by atoms with Crippen LogP contribution in [0.25, 0.3) is 0 Å². The highest BCUT2D eigenvalue weighted by Crippen LogP contribution is 2.40. The predicted molar refractivity (Wildman–Crippen MR) is 175 cm³/mol. The van der Waals surface area contributed by atoms with Gasteiger partial charge in [0.15, 0.2) is 46.0 Å². The van der Waals surface area contributed by atoms with Gasteiger partial charge in [-0.15, -0.1) is 0 Å². The van der Waals surface area contributed by atoms with Gasteiger partial charge in [-0.3, -0.25) is 0 Å². The van der Waals surface area contributed by atoms with Crippen LogP contribution in [0.3, 0.4) is 0 Å². The second-order valence-electron chi connectivity index (χ2n) is 10.1. The van der Waals surface area contributed by atoms with E-state index in [0.29, 0.717) is 90.9 Å². The Balaban J connectivity index is 1.42. The molecule has 0 spiro atoms. The standard InChI is InChI=1S/C38H30O10/c1-39-33-13-23(14-34(40-2)37(33)43-5)7-9-25-17-29-31(47-21-45-29)19-27(25)11-12-28-20-32-30(46-22-48-32)18-26(28)10-8-24-15-35(41-3)38(44-6)36(16-24)42-4/h13-20H,21-22H2,1-6H3. The summed E-state index contributed by atoms with van der Waals surface area (Å²) in [6.45, 7) is 0.212. The first-order chi connectivity index (χ1) is 23.5. The van der Waals surface area contributed by atoms with Crippen LogP contribution in [0.15, 0.2) is 48.5 Å². The van der Waals surface area contributed by atoms with Crippen molar-refractivity contribution in [3.63, 3.8) is 0 Å². The van der Waals surface area contributed by atoms with Gasteiger partial charge in [-0.25, -0.2) is 0 Å². The average Bonchev–Trinajstić information content (AvgIpc) is 3.79. The first kappa shape index (κ1) is 31.5. The lowest BCUT2D eigenvalue weighted by molar-refractivity contribution is 0.173. The minimum Gasteiger partial charge on any atom is -0.493 e. The Morgan fingerprint density at radius 3 is 0.896 bits per heavy atom. The molecule has 0 saturated heterocycles. The largest absolute Gasteiger partial charge is 0.493 e. The van der Waals surface area contributed by atoms with E-state index in [2.05, 4.69) is 35.5 Å². The maximum Gasteiger partial charge on any atom is 0.231 e. The van der Waals surface area contributed by atoms with Gasteiger partial charge < -0.3 is 47.4 Å². The van der Waals surface area contributed by atoms with Crippen LogP contribution in [0.1, 0.15) is 33.4 Å². The number of hydrogen-bond acceptors (Lipinski definition) is 10. The van der Waals surface area contributed by atoms with Crippen molar-refractivity contribution in [2.45, 2.75) is 0 Å². The molecule has 6 rings (SSSR count). The Hall–Kier alpha value is -6.44. The molecule has 0 saturated carbocycles. The van der Waals surface area contributed by atoms with Crippen LogP contribution in [0.2, 0.25) is 0 Å². The monoisotopic (exact) mass is 646 g/mol. The van der Waals surface area contributed by atoms with Crippen LogP contribution in [0.4, 0.5) is 0 Å². The van der Waals surface area contributed by atoms with Gasteiger partial charge in [-0.05, 0) is 24.3 Å². The highest BCUT2D eigenvalue weighted by molar-refractivity contribution is 5.66. The Morgan fingerprint density at radius 2 is 0.646 bits per heavy atom. The number of fused-ring (bicyclic) bond motifs is 2. The van der Waals surface area contributed by atoms with Crippen LogP contribution < -0.4 is 47.4 Å². The molecule has 10 nitrogen and oxygen atoms in total. The van der Waals surface area contributed by atoms with E-state index < -0.39 is 0 Å². The topological polar surface area (TPSA) is 92.3 Å². The number of rotatable bonds is 6. The molecule has 0 radical (unpaired) electrons.